The SMILES string of the molecule is C[C@H](O)CN1CCc2c(nc(C(=O)Nc3cccc(-c4nccc(NC(=O)c5nc6c(n5C)CCN(C)C6)c4Cl)c3Cl)n2C)C1. The average Bonchev–Trinajstić information content (AvgIpc) is 3.50. The van der Waals surface area contributed by atoms with Crippen molar-refractivity contribution in [2.45, 2.75) is 39.0 Å². The van der Waals surface area contributed by atoms with E-state index in [9.17, 15) is 14.7 Å². The Morgan fingerprint density at radius 1 is 0.889 bits per heavy atom. The largest absolute Gasteiger partial charge is 0.392 e. The Balaban J connectivity index is 1.22. The van der Waals surface area contributed by atoms with Gasteiger partial charge in [-0.05, 0) is 26.1 Å². The van der Waals surface area contributed by atoms with Crippen molar-refractivity contribution in [1.82, 2.24) is 33.9 Å². The summed E-state index contributed by atoms with van der Waals surface area (Å²) in [6.07, 6.45) is 2.64. The number of hydrogen-bond acceptors (Lipinski definition) is 8. The number of carbonyl (C=O) groups excluding carboxylic acids is 2. The Kier molecular flexibility index (Phi) is 8.68. The maximum atomic E-state index is 13.4. The molecule has 1 atom stereocenters. The fraction of sp³-hybridized carbons (Fsp3) is 0.387. The number of amides is 2. The summed E-state index contributed by atoms with van der Waals surface area (Å²) in [5.74, 6) is -0.215. The van der Waals surface area contributed by atoms with E-state index in [1.165, 1.54) is 6.20 Å². The molecule has 6 rings (SSSR count). The molecule has 14 heteroatoms. The summed E-state index contributed by atoms with van der Waals surface area (Å²) in [6.45, 7) is 5.24. The van der Waals surface area contributed by atoms with Gasteiger partial charge in [0.25, 0.3) is 11.8 Å². The number of β-amino-alcohol motifs (C(OH)–C–C–N with tert-alkyl or cyclic N) is 1. The number of imidazole rings is 2. The molecule has 12 nitrogen and oxygen atoms in total. The number of nitrogens with zero attached hydrogens (tertiary/aromatic N) is 7. The van der Waals surface area contributed by atoms with Crippen LogP contribution in [-0.2, 0) is 40.0 Å². The third-order valence-electron chi connectivity index (χ3n) is 8.35. The van der Waals surface area contributed by atoms with Crippen LogP contribution in [0.1, 0.15) is 50.9 Å². The number of likely N-dealkylation sites (N-methyl/N-ethyl adjacent to an activating group) is 1. The van der Waals surface area contributed by atoms with Crippen LogP contribution in [0.2, 0.25) is 10.0 Å². The quantitative estimate of drug-likeness (QED) is 0.275. The van der Waals surface area contributed by atoms with Crippen LogP contribution in [0, 0.1) is 0 Å². The molecule has 0 fully saturated rings. The summed E-state index contributed by atoms with van der Waals surface area (Å²) < 4.78 is 3.64. The van der Waals surface area contributed by atoms with Gasteiger partial charge in [0, 0.05) is 82.8 Å². The Hall–Kier alpha value is -3.81. The fourth-order valence-electron chi connectivity index (χ4n) is 6.07. The Labute approximate surface area is 271 Å². The van der Waals surface area contributed by atoms with Gasteiger partial charge in [-0.3, -0.25) is 19.5 Å². The number of anilines is 2. The molecule has 0 radical (unpaired) electrons. The molecule has 0 saturated carbocycles. The van der Waals surface area contributed by atoms with Crippen LogP contribution in [0.5, 0.6) is 0 Å². The van der Waals surface area contributed by atoms with Crippen molar-refractivity contribution in [1.29, 1.82) is 0 Å². The maximum Gasteiger partial charge on any atom is 0.291 e. The van der Waals surface area contributed by atoms with Crippen molar-refractivity contribution >= 4 is 46.4 Å². The monoisotopic (exact) mass is 651 g/mol. The van der Waals surface area contributed by atoms with Crippen molar-refractivity contribution < 1.29 is 14.7 Å². The number of pyridine rings is 1. The molecule has 0 bridgehead atoms. The molecule has 5 heterocycles. The second-order valence-electron chi connectivity index (χ2n) is 11.7. The van der Waals surface area contributed by atoms with Crippen LogP contribution in [0.25, 0.3) is 11.3 Å². The van der Waals surface area contributed by atoms with E-state index in [0.29, 0.717) is 48.1 Å². The average molecular weight is 653 g/mol. The van der Waals surface area contributed by atoms with E-state index >= 15 is 0 Å². The molecule has 0 aliphatic carbocycles. The van der Waals surface area contributed by atoms with Crippen LogP contribution in [0.4, 0.5) is 11.4 Å². The van der Waals surface area contributed by atoms with Crippen molar-refractivity contribution in [2.75, 3.05) is 37.3 Å². The van der Waals surface area contributed by atoms with Crippen molar-refractivity contribution in [2.24, 2.45) is 14.1 Å². The van der Waals surface area contributed by atoms with Gasteiger partial charge in [-0.1, -0.05) is 35.3 Å². The molecule has 4 aromatic rings. The smallest absolute Gasteiger partial charge is 0.291 e. The van der Waals surface area contributed by atoms with Gasteiger partial charge >= 0.3 is 0 Å². The second-order valence-corrected chi connectivity index (χ2v) is 12.4. The molecule has 236 valence electrons. The molecule has 1 aromatic carbocycles. The highest BCUT2D eigenvalue weighted by molar-refractivity contribution is 6.39. The first-order valence-corrected chi connectivity index (χ1v) is 15.5. The van der Waals surface area contributed by atoms with Crippen molar-refractivity contribution in [3.8, 4) is 11.3 Å². The van der Waals surface area contributed by atoms with E-state index in [2.05, 4.69) is 35.4 Å². The number of benzene rings is 1. The number of aliphatic hydroxyl groups excluding tert-OH is 1. The molecular formula is C31H35Cl2N9O3. The summed E-state index contributed by atoms with van der Waals surface area (Å²) in [4.78, 5) is 44.7. The number of rotatable bonds is 7. The zero-order valence-electron chi connectivity index (χ0n) is 25.6. The molecular weight excluding hydrogens is 617 g/mol. The lowest BCUT2D eigenvalue weighted by atomic mass is 10.1. The lowest BCUT2D eigenvalue weighted by Crippen LogP contribution is -2.36. The highest BCUT2D eigenvalue weighted by atomic mass is 35.5. The number of nitrogens with one attached hydrogen (secondary N) is 2. The van der Waals surface area contributed by atoms with Gasteiger partial charge in [0.05, 0.1) is 44.6 Å². The molecule has 3 N–H and O–H groups in total. The normalized spacial score (nSPS) is 15.8. The summed E-state index contributed by atoms with van der Waals surface area (Å²) in [5.41, 5.74) is 5.32. The Morgan fingerprint density at radius 3 is 2.13 bits per heavy atom. The van der Waals surface area contributed by atoms with Crippen molar-refractivity contribution in [3.63, 3.8) is 0 Å². The number of fused-ring (bicyclic) bond motifs is 2. The Morgan fingerprint density at radius 2 is 1.49 bits per heavy atom. The van der Waals surface area contributed by atoms with Gasteiger partial charge < -0.3 is 29.8 Å². The van der Waals surface area contributed by atoms with Crippen LogP contribution < -0.4 is 10.6 Å². The molecule has 45 heavy (non-hydrogen) atoms. The van der Waals surface area contributed by atoms with Gasteiger partial charge in [-0.2, -0.15) is 0 Å². The third kappa shape index (κ3) is 6.08. The lowest BCUT2D eigenvalue weighted by molar-refractivity contribution is 0.100. The fourth-order valence-corrected chi connectivity index (χ4v) is 6.60. The number of aromatic nitrogens is 5. The summed E-state index contributed by atoms with van der Waals surface area (Å²) >= 11 is 13.6. The van der Waals surface area contributed by atoms with E-state index in [4.69, 9.17) is 23.2 Å². The minimum absolute atomic E-state index is 0.202. The first-order valence-electron chi connectivity index (χ1n) is 14.8. The van der Waals surface area contributed by atoms with E-state index < -0.39 is 12.0 Å². The standard InChI is InChI=1S/C31H35Cl2N9O3/c1-17(43)14-42-13-10-24-22(16-42)36-29(41(24)4)30(44)37-19-7-5-6-18(25(19)32)27-26(33)20(8-11-34-27)38-31(45)28-35-21-15-39(2)12-9-23(21)40(28)3/h5-8,11,17,43H,9-10,12-16H2,1-4H3,(H,37,44)(H,34,38,45)/t17-/m0/s1. The molecule has 2 amide bonds. The molecule has 0 unspecified atom stereocenters. The van der Waals surface area contributed by atoms with Crippen LogP contribution in [0.3, 0.4) is 0 Å². The molecule has 2 aliphatic rings. The van der Waals surface area contributed by atoms with E-state index in [0.717, 1.165) is 48.7 Å². The zero-order valence-corrected chi connectivity index (χ0v) is 27.1. The summed E-state index contributed by atoms with van der Waals surface area (Å²) in [5, 5.41) is 16.0. The number of aliphatic hydroxyl groups is 1. The van der Waals surface area contributed by atoms with Gasteiger partial charge in [0.1, 0.15) is 0 Å². The van der Waals surface area contributed by atoms with Gasteiger partial charge in [-0.25, -0.2) is 9.97 Å². The predicted molar refractivity (Wildman–Crippen MR) is 173 cm³/mol. The van der Waals surface area contributed by atoms with Crippen molar-refractivity contribution in [3.05, 3.63) is 74.9 Å². The van der Waals surface area contributed by atoms with Gasteiger partial charge in [0.2, 0.25) is 0 Å². The van der Waals surface area contributed by atoms with Crippen LogP contribution >= 0.6 is 23.2 Å². The highest BCUT2D eigenvalue weighted by Gasteiger charge is 2.27. The molecule has 3 aromatic heterocycles. The highest BCUT2D eigenvalue weighted by Crippen LogP contribution is 2.39. The first-order chi connectivity index (χ1) is 21.5. The Bertz CT molecular complexity index is 1800. The first kappa shape index (κ1) is 31.2. The zero-order chi connectivity index (χ0) is 32.0. The third-order valence-corrected chi connectivity index (χ3v) is 9.14. The number of halogens is 2. The van der Waals surface area contributed by atoms with Crippen LogP contribution in [-0.4, -0.2) is 83.6 Å². The summed E-state index contributed by atoms with van der Waals surface area (Å²) in [6, 6.07) is 6.80. The maximum absolute atomic E-state index is 13.4. The molecule has 0 saturated heterocycles. The number of hydrogen-bond donors (Lipinski definition) is 3. The van der Waals surface area contributed by atoms with Gasteiger partial charge in [-0.15, -0.1) is 0 Å². The van der Waals surface area contributed by atoms with Crippen LogP contribution in [0.15, 0.2) is 30.5 Å². The topological polar surface area (TPSA) is 133 Å². The van der Waals surface area contributed by atoms with Gasteiger partial charge in [0.15, 0.2) is 11.6 Å². The molecule has 2 aliphatic heterocycles. The second kappa shape index (κ2) is 12.5. The molecule has 0 spiro atoms. The van der Waals surface area contributed by atoms with E-state index in [-0.39, 0.29) is 21.8 Å². The predicted octanol–water partition coefficient (Wildman–Crippen LogP) is 3.75. The summed E-state index contributed by atoms with van der Waals surface area (Å²) in [7, 11) is 5.70. The number of carbonyl (C=O) groups is 2. The minimum atomic E-state index is -0.444. The minimum Gasteiger partial charge on any atom is -0.392 e. The lowest BCUT2D eigenvalue weighted by Gasteiger charge is -2.27. The van der Waals surface area contributed by atoms with E-state index in [1.807, 2.05) is 30.3 Å². The van der Waals surface area contributed by atoms with E-state index in [1.54, 1.807) is 31.2 Å².